The van der Waals surface area contributed by atoms with Gasteiger partial charge >= 0.3 is 35.5 Å². The van der Waals surface area contributed by atoms with Crippen molar-refractivity contribution in [3.05, 3.63) is 307 Å². The van der Waals surface area contributed by atoms with Crippen LogP contribution in [-0.2, 0) is 39.3 Å². The van der Waals surface area contributed by atoms with Gasteiger partial charge in [0.1, 0.15) is 42.7 Å². The Kier molecular flexibility index (Phi) is 37.0. The number of nitrogens with zero attached hydrogens (tertiary/aromatic N) is 13. The number of nitrogens with one attached hydrogen (secondary N) is 4. The first-order valence-corrected chi connectivity index (χ1v) is 38.0. The van der Waals surface area contributed by atoms with Crippen LogP contribution in [0.1, 0.15) is 74.0 Å². The largest absolute Gasteiger partial charge is 1.00 e. The van der Waals surface area contributed by atoms with E-state index < -0.39 is 81.9 Å². The second kappa shape index (κ2) is 46.5. The minimum atomic E-state index is -1.18. The van der Waals surface area contributed by atoms with E-state index in [0.717, 1.165) is 103 Å². The van der Waals surface area contributed by atoms with E-state index in [2.05, 4.69) is 157 Å². The van der Waals surface area contributed by atoms with Gasteiger partial charge in [-0.2, -0.15) is 4.39 Å². The molecule has 6 aromatic carbocycles. The van der Waals surface area contributed by atoms with Gasteiger partial charge in [0, 0.05) is 63.0 Å². The van der Waals surface area contributed by atoms with E-state index in [1.54, 1.807) is 22.7 Å². The summed E-state index contributed by atoms with van der Waals surface area (Å²) in [5.41, 5.74) is 38.2. The van der Waals surface area contributed by atoms with E-state index in [0.29, 0.717) is 60.8 Å². The molecule has 0 aliphatic carbocycles. The van der Waals surface area contributed by atoms with E-state index in [1.165, 1.54) is 65.3 Å². The molecular weight excluding hydrogens is 1900 g/mol. The molecule has 14 aromatic rings. The van der Waals surface area contributed by atoms with Crippen molar-refractivity contribution in [2.75, 3.05) is 28.3 Å². The molecule has 8 heterocycles. The third kappa shape index (κ3) is 28.2. The Balaban J connectivity index is 0.000000208. The molecule has 0 bridgehead atoms. The van der Waals surface area contributed by atoms with Crippen molar-refractivity contribution in [3.8, 4) is 20.9 Å². The minimum absolute atomic E-state index is 0. The van der Waals surface area contributed by atoms with Gasteiger partial charge in [0.05, 0.1) is 42.4 Å². The Bertz CT molecular complexity index is 5880. The Morgan fingerprint density at radius 3 is 1.19 bits per heavy atom. The van der Waals surface area contributed by atoms with Crippen molar-refractivity contribution in [1.29, 1.82) is 0 Å². The third-order valence-electron chi connectivity index (χ3n) is 15.2. The van der Waals surface area contributed by atoms with Gasteiger partial charge in [0.2, 0.25) is 5.95 Å². The number of carboxylic acid groups (broad SMARTS) is 1. The average Bonchev–Trinajstić information content (AvgIpc) is 1.42. The Hall–Kier alpha value is -11.8. The first-order chi connectivity index (χ1) is 56.8. The van der Waals surface area contributed by atoms with Crippen LogP contribution in [0.3, 0.4) is 0 Å². The van der Waals surface area contributed by atoms with Gasteiger partial charge in [0.15, 0.2) is 86.8 Å². The predicted molar refractivity (Wildman–Crippen MR) is 440 cm³/mol. The number of hydrogen-bond acceptors (Lipinski definition) is 28. The maximum atomic E-state index is 13.5. The number of carboxylic acids is 1. The summed E-state index contributed by atoms with van der Waals surface area (Å²) in [7, 11) is 0. The van der Waals surface area contributed by atoms with Crippen molar-refractivity contribution in [1.82, 2.24) is 75.8 Å². The van der Waals surface area contributed by atoms with Crippen molar-refractivity contribution in [2.45, 2.75) is 39.3 Å². The zero-order chi connectivity index (χ0) is 86.6. The van der Waals surface area contributed by atoms with Gasteiger partial charge in [-0.1, -0.05) is 36.4 Å². The first kappa shape index (κ1) is 95.4. The molecule has 30 nitrogen and oxygen atoms in total. The van der Waals surface area contributed by atoms with E-state index in [-0.39, 0.29) is 94.9 Å². The summed E-state index contributed by atoms with van der Waals surface area (Å²) in [5.74, 6) is -10.5. The van der Waals surface area contributed by atoms with Gasteiger partial charge in [-0.15, -0.1) is 28.0 Å². The van der Waals surface area contributed by atoms with Crippen LogP contribution in [0.25, 0.3) is 42.7 Å². The monoisotopic (exact) mass is 1950 g/mol. The van der Waals surface area contributed by atoms with Crippen LogP contribution < -0.4 is 85.2 Å². The molecule has 0 spiro atoms. The molecule has 14 rings (SSSR count). The molecule has 0 atom stereocenters. The number of thiophene rings is 2. The molecule has 614 valence electrons. The number of aromatic carboxylic acids is 1. The number of nitrogens with two attached hydrogens (primary N) is 6. The Morgan fingerprint density at radius 1 is 0.408 bits per heavy atom. The molecule has 0 aliphatic rings. The fourth-order valence-corrected chi connectivity index (χ4v) is 12.5. The van der Waals surface area contributed by atoms with Crippen molar-refractivity contribution in [2.24, 2.45) is 16.8 Å². The molecule has 0 unspecified atom stereocenters. The summed E-state index contributed by atoms with van der Waals surface area (Å²) < 4.78 is 117. The Morgan fingerprint density at radius 2 is 0.775 bits per heavy atom. The molecule has 0 fully saturated rings. The second-order valence-electron chi connectivity index (χ2n) is 23.3. The number of fused-ring (bicyclic) bond motifs is 2. The summed E-state index contributed by atoms with van der Waals surface area (Å²) in [6.07, 6.45) is 8.21. The number of anilines is 5. The summed E-state index contributed by atoms with van der Waals surface area (Å²) in [6.45, 7) is 1.14. The van der Waals surface area contributed by atoms with Gasteiger partial charge in [0.25, 0.3) is 17.7 Å². The molecular formula is C74H57Br4F9N23NaO7S2. The van der Waals surface area contributed by atoms with Crippen molar-refractivity contribution >= 4 is 161 Å². The topological polar surface area (TPSA) is 500 Å². The third-order valence-corrected chi connectivity index (χ3v) is 19.0. The first-order valence-electron chi connectivity index (χ1n) is 33.2. The summed E-state index contributed by atoms with van der Waals surface area (Å²) >= 11 is 15.5. The maximum absolute atomic E-state index is 13.5. The van der Waals surface area contributed by atoms with Gasteiger partial charge in [-0.05, 0) is 194 Å². The Labute approximate surface area is 736 Å². The fraction of sp³-hybridized carbons (Fsp3) is 0.0811. The molecule has 8 aromatic heterocycles. The van der Waals surface area contributed by atoms with Crippen LogP contribution in [-0.4, -0.2) is 88.6 Å². The van der Waals surface area contributed by atoms with Crippen molar-refractivity contribution < 1.29 is 93.4 Å². The molecule has 0 saturated heterocycles. The van der Waals surface area contributed by atoms with Crippen LogP contribution in [0, 0.1) is 62.6 Å². The van der Waals surface area contributed by atoms with Gasteiger partial charge in [-0.3, -0.25) is 14.4 Å². The normalized spacial score (nSPS) is 10.3. The molecule has 0 aliphatic heterocycles. The molecule has 0 radical (unpaired) electrons. The van der Waals surface area contributed by atoms with Crippen LogP contribution in [0.5, 0.6) is 0 Å². The number of amides is 3. The summed E-state index contributed by atoms with van der Waals surface area (Å²) in [5, 5.41) is 29.8. The molecule has 120 heavy (non-hydrogen) atoms. The number of benzene rings is 6. The van der Waals surface area contributed by atoms with E-state index >= 15 is 0 Å². The van der Waals surface area contributed by atoms with E-state index in [4.69, 9.17) is 49.6 Å². The van der Waals surface area contributed by atoms with Gasteiger partial charge < -0.3 is 70.9 Å². The van der Waals surface area contributed by atoms with Crippen molar-refractivity contribution in [3.63, 3.8) is 0 Å². The number of hydrogen-bond donors (Lipinski definition) is 11. The number of halogens is 13. The molecule has 17 N–H and O–H groups in total. The standard InChI is InChI=1S/C25H18BrF2N7OS.C13H12N4S.C12H7BrF3N3O.C12H9BrF2N4O.C7H7F2N.C5H4BrN3O2.HNO2.Na/c26-21-11-31-24(22(35-21)25(36)32-9-13-1-4-17(27)18(28)7-13)30-10-15-3-6-20(37-15)14-2-5-19-16(8-14)23(29)34-12-33-19;14-6-9-2-4-12(18-9)8-1-3-11-10(5-8)13(15)17-7-16-11;2*13-9-5-17-11(16)10(19-9)12(20)18-4-6-1-2-7(14)8(15)3-6;8-6-2-1-5(4-10)3-7(6)9;6-2-1-8-4(7)3(9-2)5(10)11;2-1-3;/h1-8,11-12H,9-10H2,(H,30,31)(H,32,36)(H2,29,33,34);1-5,7H,6,14H2,(H2,15,16,17);1-3,5H,4H2,(H,18,20);1-3,5H,4H2,(H2,16,17)(H,18,20);1-3H,4,10H2;1H,(H2,7,8)(H,10,11);(H,2,3);/q;;;;;;;+1/p-1. The van der Waals surface area contributed by atoms with Crippen LogP contribution in [0.4, 0.5) is 68.6 Å². The predicted octanol–water partition coefficient (Wildman–Crippen LogP) is 11.5. The number of carbonyl (C=O) groups is 4. The zero-order valence-electron chi connectivity index (χ0n) is 61.3. The van der Waals surface area contributed by atoms with E-state index in [9.17, 15) is 58.7 Å². The number of aromatic nitrogens is 12. The molecule has 3 amide bonds. The SMILES string of the molecule is NCc1ccc(-c2ccc3ncnc(N)c3c2)s1.NCc1ccc(F)c(F)c1.Nc1ncc(Br)nc1C(=O)NCc1ccc(F)c(F)c1.Nc1ncc(Br)nc1C(=O)O.Nc1ncnc2ccc(-c3ccc(CNc4ncc(Br)nc4C(=O)NCc4ccc(F)c(F)c4)s3)cc12.O=C(NCc1ccc(F)c(F)c1)c1nc(Br)cnc1F.O=N[O-].[Na+]. The zero-order valence-corrected chi connectivity index (χ0v) is 71.3. The molecule has 0 saturated carbocycles. The number of nitrogen functional groups attached to an aromatic ring is 4. The minimum Gasteiger partial charge on any atom is -0.476 e. The second-order valence-corrected chi connectivity index (χ2v) is 28.9. The maximum Gasteiger partial charge on any atom is 1.00 e. The molecule has 46 heteroatoms. The number of carbonyl (C=O) groups excluding carboxylic acids is 3. The van der Waals surface area contributed by atoms with E-state index in [1.807, 2.05) is 48.5 Å². The van der Waals surface area contributed by atoms with Crippen LogP contribution in [0.15, 0.2) is 195 Å². The smallest absolute Gasteiger partial charge is 0.476 e. The average molecular weight is 1960 g/mol. The fourth-order valence-electron chi connectivity index (χ4n) is 9.55. The number of rotatable bonds is 17. The van der Waals surface area contributed by atoms with Crippen LogP contribution >= 0.6 is 86.4 Å². The summed E-state index contributed by atoms with van der Waals surface area (Å²) in [6, 6.07) is 33.6. The van der Waals surface area contributed by atoms with Crippen LogP contribution in [0.2, 0.25) is 0 Å². The van der Waals surface area contributed by atoms with Gasteiger partial charge in [-0.25, -0.2) is 99.7 Å². The quantitative estimate of drug-likeness (QED) is 0.0175. The summed E-state index contributed by atoms with van der Waals surface area (Å²) in [4.78, 5) is 106.